The normalized spacial score (nSPS) is 20.2. The van der Waals surface area contributed by atoms with E-state index >= 15 is 0 Å². The molecule has 6 heteroatoms. The quantitative estimate of drug-likeness (QED) is 0.763. The van der Waals surface area contributed by atoms with Gasteiger partial charge in [-0.25, -0.2) is 9.97 Å². The standard InChI is InChI=1S/C11H13F3N2O/c1-10(2-4-17-5-3-10)8-6-15-9(16-7-8)11(12,13)14/h6-7H,2-5H2,1H3. The van der Waals surface area contributed by atoms with Gasteiger partial charge in [0.05, 0.1) is 0 Å². The lowest BCUT2D eigenvalue weighted by molar-refractivity contribution is -0.145. The Morgan fingerprint density at radius 3 is 2.18 bits per heavy atom. The molecule has 0 saturated carbocycles. The van der Waals surface area contributed by atoms with Crippen molar-refractivity contribution in [3.8, 4) is 0 Å². The van der Waals surface area contributed by atoms with Gasteiger partial charge in [-0.2, -0.15) is 13.2 Å². The molecule has 94 valence electrons. The summed E-state index contributed by atoms with van der Waals surface area (Å²) >= 11 is 0. The van der Waals surface area contributed by atoms with Crippen LogP contribution in [0.4, 0.5) is 13.2 Å². The zero-order valence-corrected chi connectivity index (χ0v) is 9.42. The fraction of sp³-hybridized carbons (Fsp3) is 0.636. The average molecular weight is 246 g/mol. The second-order valence-corrected chi connectivity index (χ2v) is 4.47. The molecule has 0 amide bonds. The maximum absolute atomic E-state index is 12.3. The number of hydrogen-bond donors (Lipinski definition) is 0. The van der Waals surface area contributed by atoms with Gasteiger partial charge in [0.15, 0.2) is 0 Å². The molecule has 0 unspecified atom stereocenters. The van der Waals surface area contributed by atoms with Crippen molar-refractivity contribution in [2.45, 2.75) is 31.4 Å². The second kappa shape index (κ2) is 4.25. The molecular formula is C11H13F3N2O. The van der Waals surface area contributed by atoms with E-state index in [1.165, 1.54) is 12.4 Å². The van der Waals surface area contributed by atoms with Crippen molar-refractivity contribution in [2.24, 2.45) is 0 Å². The Labute approximate surface area is 97.0 Å². The number of hydrogen-bond acceptors (Lipinski definition) is 3. The lowest BCUT2D eigenvalue weighted by atomic mass is 9.77. The van der Waals surface area contributed by atoms with Crippen LogP contribution in [0.3, 0.4) is 0 Å². The van der Waals surface area contributed by atoms with Gasteiger partial charge in [0.25, 0.3) is 0 Å². The number of rotatable bonds is 1. The van der Waals surface area contributed by atoms with Crippen molar-refractivity contribution in [3.05, 3.63) is 23.8 Å². The van der Waals surface area contributed by atoms with E-state index in [4.69, 9.17) is 4.74 Å². The van der Waals surface area contributed by atoms with Gasteiger partial charge in [0.1, 0.15) is 0 Å². The van der Waals surface area contributed by atoms with Gasteiger partial charge >= 0.3 is 6.18 Å². The molecule has 1 aromatic rings. The predicted octanol–water partition coefficient (Wildman–Crippen LogP) is 2.56. The van der Waals surface area contributed by atoms with E-state index in [-0.39, 0.29) is 5.41 Å². The monoisotopic (exact) mass is 246 g/mol. The smallest absolute Gasteiger partial charge is 0.381 e. The first-order valence-electron chi connectivity index (χ1n) is 5.39. The molecule has 0 bridgehead atoms. The molecule has 0 aliphatic carbocycles. The van der Waals surface area contributed by atoms with Crippen LogP contribution in [0.5, 0.6) is 0 Å². The maximum Gasteiger partial charge on any atom is 0.451 e. The van der Waals surface area contributed by atoms with E-state index in [0.29, 0.717) is 13.2 Å². The molecule has 1 aromatic heterocycles. The van der Waals surface area contributed by atoms with E-state index in [2.05, 4.69) is 9.97 Å². The van der Waals surface area contributed by atoms with Gasteiger partial charge in [-0.3, -0.25) is 0 Å². The van der Waals surface area contributed by atoms with E-state index in [9.17, 15) is 13.2 Å². The van der Waals surface area contributed by atoms with E-state index in [1.54, 1.807) is 0 Å². The Kier molecular flexibility index (Phi) is 3.07. The Bertz CT molecular complexity index is 383. The van der Waals surface area contributed by atoms with Crippen LogP contribution in [-0.4, -0.2) is 23.2 Å². The van der Waals surface area contributed by atoms with Gasteiger partial charge in [0, 0.05) is 25.6 Å². The fourth-order valence-corrected chi connectivity index (χ4v) is 1.90. The lowest BCUT2D eigenvalue weighted by Crippen LogP contribution is -2.31. The highest BCUT2D eigenvalue weighted by atomic mass is 19.4. The second-order valence-electron chi connectivity index (χ2n) is 4.47. The average Bonchev–Trinajstić information content (AvgIpc) is 2.29. The molecule has 2 heterocycles. The summed E-state index contributed by atoms with van der Waals surface area (Å²) in [6, 6.07) is 0. The molecule has 0 radical (unpaired) electrons. The summed E-state index contributed by atoms with van der Waals surface area (Å²) in [7, 11) is 0. The number of nitrogens with zero attached hydrogens (tertiary/aromatic N) is 2. The first-order valence-corrected chi connectivity index (χ1v) is 5.39. The van der Waals surface area contributed by atoms with E-state index in [1.807, 2.05) is 6.92 Å². The minimum absolute atomic E-state index is 0.178. The summed E-state index contributed by atoms with van der Waals surface area (Å²) in [5.41, 5.74) is 0.566. The minimum Gasteiger partial charge on any atom is -0.381 e. The molecule has 17 heavy (non-hydrogen) atoms. The van der Waals surface area contributed by atoms with Crippen LogP contribution in [0, 0.1) is 0 Å². The maximum atomic E-state index is 12.3. The molecule has 1 aliphatic rings. The lowest BCUT2D eigenvalue weighted by Gasteiger charge is -2.33. The van der Waals surface area contributed by atoms with Gasteiger partial charge in [-0.1, -0.05) is 6.92 Å². The molecule has 0 N–H and O–H groups in total. The Morgan fingerprint density at radius 2 is 1.71 bits per heavy atom. The SMILES string of the molecule is CC1(c2cnc(C(F)(F)F)nc2)CCOCC1. The number of aromatic nitrogens is 2. The van der Waals surface area contributed by atoms with Gasteiger partial charge in [-0.15, -0.1) is 0 Å². The highest BCUT2D eigenvalue weighted by Crippen LogP contribution is 2.34. The molecule has 0 aromatic carbocycles. The summed E-state index contributed by atoms with van der Waals surface area (Å²) < 4.78 is 42.2. The van der Waals surface area contributed by atoms with Crippen LogP contribution in [0.1, 0.15) is 31.2 Å². The van der Waals surface area contributed by atoms with Crippen LogP contribution in [0.15, 0.2) is 12.4 Å². The van der Waals surface area contributed by atoms with Crippen LogP contribution in [-0.2, 0) is 16.3 Å². The fourth-order valence-electron chi connectivity index (χ4n) is 1.90. The molecule has 2 rings (SSSR count). The van der Waals surface area contributed by atoms with Gasteiger partial charge < -0.3 is 4.74 Å². The van der Waals surface area contributed by atoms with Crippen molar-refractivity contribution in [1.82, 2.24) is 9.97 Å². The summed E-state index contributed by atoms with van der Waals surface area (Å²) in [5, 5.41) is 0. The summed E-state index contributed by atoms with van der Waals surface area (Å²) in [6.07, 6.45) is -0.360. The molecule has 1 fully saturated rings. The number of ether oxygens (including phenoxy) is 1. The highest BCUT2D eigenvalue weighted by molar-refractivity contribution is 5.19. The predicted molar refractivity (Wildman–Crippen MR) is 54.4 cm³/mol. The highest BCUT2D eigenvalue weighted by Gasteiger charge is 2.36. The van der Waals surface area contributed by atoms with Crippen molar-refractivity contribution >= 4 is 0 Å². The van der Waals surface area contributed by atoms with Crippen LogP contribution < -0.4 is 0 Å². The Balaban J connectivity index is 2.23. The zero-order chi connectivity index (χ0) is 12.5. The van der Waals surface area contributed by atoms with Crippen LogP contribution in [0.25, 0.3) is 0 Å². The van der Waals surface area contributed by atoms with E-state index < -0.39 is 12.0 Å². The Hall–Kier alpha value is -1.17. The van der Waals surface area contributed by atoms with Crippen LogP contribution >= 0.6 is 0 Å². The molecule has 3 nitrogen and oxygen atoms in total. The largest absolute Gasteiger partial charge is 0.451 e. The number of halogens is 3. The third kappa shape index (κ3) is 2.57. The van der Waals surface area contributed by atoms with Crippen LogP contribution in [0.2, 0.25) is 0 Å². The summed E-state index contributed by atoms with van der Waals surface area (Å²) in [6.45, 7) is 3.25. The van der Waals surface area contributed by atoms with Gasteiger partial charge in [-0.05, 0) is 23.8 Å². The third-order valence-corrected chi connectivity index (χ3v) is 3.20. The zero-order valence-electron chi connectivity index (χ0n) is 9.42. The first kappa shape index (κ1) is 12.3. The molecule has 0 atom stereocenters. The third-order valence-electron chi connectivity index (χ3n) is 3.20. The molecule has 1 aliphatic heterocycles. The topological polar surface area (TPSA) is 35.0 Å². The first-order chi connectivity index (χ1) is 7.92. The van der Waals surface area contributed by atoms with Crippen molar-refractivity contribution in [1.29, 1.82) is 0 Å². The molecule has 0 spiro atoms. The molecular weight excluding hydrogens is 233 g/mol. The number of alkyl halides is 3. The van der Waals surface area contributed by atoms with Gasteiger partial charge in [0.2, 0.25) is 5.82 Å². The Morgan fingerprint density at radius 1 is 1.18 bits per heavy atom. The summed E-state index contributed by atoms with van der Waals surface area (Å²) in [5.74, 6) is -1.09. The van der Waals surface area contributed by atoms with Crippen molar-refractivity contribution in [2.75, 3.05) is 13.2 Å². The van der Waals surface area contributed by atoms with Crippen molar-refractivity contribution in [3.63, 3.8) is 0 Å². The van der Waals surface area contributed by atoms with E-state index in [0.717, 1.165) is 18.4 Å². The molecule has 1 saturated heterocycles. The summed E-state index contributed by atoms with van der Waals surface area (Å²) in [4.78, 5) is 6.79. The minimum atomic E-state index is -4.48. The van der Waals surface area contributed by atoms with Crippen molar-refractivity contribution < 1.29 is 17.9 Å².